The van der Waals surface area contributed by atoms with E-state index in [0.717, 1.165) is 19.2 Å². The van der Waals surface area contributed by atoms with Crippen LogP contribution in [0, 0.1) is 0 Å². The van der Waals surface area contributed by atoms with Crippen molar-refractivity contribution in [1.82, 2.24) is 4.98 Å². The van der Waals surface area contributed by atoms with Crippen LogP contribution in [0.3, 0.4) is 0 Å². The maximum Gasteiger partial charge on any atom is 0.433 e. The zero-order valence-electron chi connectivity index (χ0n) is 12.9. The Morgan fingerprint density at radius 3 is 2.58 bits per heavy atom. The molecule has 1 aromatic carbocycles. The highest BCUT2D eigenvalue weighted by molar-refractivity contribution is 6.35. The van der Waals surface area contributed by atoms with Crippen LogP contribution in [0.2, 0.25) is 5.02 Å². The van der Waals surface area contributed by atoms with Gasteiger partial charge in [-0.15, -0.1) is 0 Å². The topological polar surface area (TPSA) is 40.8 Å². The number of para-hydroxylation sites is 1. The van der Waals surface area contributed by atoms with Crippen molar-refractivity contribution in [2.75, 3.05) is 44.2 Å². The summed E-state index contributed by atoms with van der Waals surface area (Å²) in [6.45, 7) is 3.56. The molecule has 0 saturated carbocycles. The van der Waals surface area contributed by atoms with Crippen molar-refractivity contribution in [2.24, 2.45) is 0 Å². The van der Waals surface area contributed by atoms with E-state index in [-0.39, 0.29) is 17.1 Å². The predicted octanol–water partition coefficient (Wildman–Crippen LogP) is 1.60. The summed E-state index contributed by atoms with van der Waals surface area (Å²) in [6.07, 6.45) is -4.52. The van der Waals surface area contributed by atoms with Crippen LogP contribution in [0.4, 0.5) is 18.9 Å². The van der Waals surface area contributed by atoms with Gasteiger partial charge in [-0.05, 0) is 12.1 Å². The van der Waals surface area contributed by atoms with Crippen LogP contribution < -0.4 is 9.80 Å². The zero-order chi connectivity index (χ0) is 17.3. The number of nitrogens with zero attached hydrogens (tertiary/aromatic N) is 2. The first-order valence-electron chi connectivity index (χ1n) is 7.76. The maximum absolute atomic E-state index is 13.2. The molecule has 0 radical (unpaired) electrons. The molecule has 8 heteroatoms. The fourth-order valence-corrected chi connectivity index (χ4v) is 3.29. The van der Waals surface area contributed by atoms with E-state index < -0.39 is 11.9 Å². The molecule has 24 heavy (non-hydrogen) atoms. The number of rotatable bonds is 3. The fourth-order valence-electron chi connectivity index (χ4n) is 3.07. The number of aromatic nitrogens is 1. The van der Waals surface area contributed by atoms with Crippen molar-refractivity contribution in [1.29, 1.82) is 0 Å². The van der Waals surface area contributed by atoms with E-state index in [4.69, 9.17) is 16.7 Å². The van der Waals surface area contributed by atoms with Gasteiger partial charge in [0.2, 0.25) is 0 Å². The van der Waals surface area contributed by atoms with Crippen LogP contribution in [-0.2, 0) is 6.18 Å². The molecule has 0 spiro atoms. The van der Waals surface area contributed by atoms with Gasteiger partial charge in [-0.25, -0.2) is 4.98 Å². The largest absolute Gasteiger partial charge is 0.433 e. The van der Waals surface area contributed by atoms with Crippen molar-refractivity contribution in [3.05, 3.63) is 35.0 Å². The molecule has 2 heterocycles. The number of benzene rings is 1. The number of hydrogen-bond acceptors (Lipinski definition) is 3. The SMILES string of the molecule is OCC[NH+]1CCN(c2cc(C(F)(F)F)nc3c(Cl)cccc23)CC1. The Kier molecular flexibility index (Phi) is 4.85. The lowest BCUT2D eigenvalue weighted by atomic mass is 10.1. The van der Waals surface area contributed by atoms with Crippen molar-refractivity contribution in [2.45, 2.75) is 6.18 Å². The Morgan fingerprint density at radius 1 is 1.25 bits per heavy atom. The molecule has 1 fully saturated rings. The van der Waals surface area contributed by atoms with Gasteiger partial charge in [0.25, 0.3) is 0 Å². The number of pyridine rings is 1. The first kappa shape index (κ1) is 17.3. The fraction of sp³-hybridized carbons (Fsp3) is 0.438. The second-order valence-corrected chi connectivity index (χ2v) is 6.28. The number of piperazine rings is 1. The standard InChI is InChI=1S/C16H17ClF3N3O/c17-12-3-1-2-11-13(10-14(16(18,19)20)21-15(11)12)23-6-4-22(5-7-23)8-9-24/h1-3,10,24H,4-9H2/p+1. The number of alkyl halides is 3. The molecular formula is C16H18ClF3N3O+. The summed E-state index contributed by atoms with van der Waals surface area (Å²) in [4.78, 5) is 6.92. The number of hydrogen-bond donors (Lipinski definition) is 2. The Hall–Kier alpha value is -1.57. The molecule has 4 nitrogen and oxygen atoms in total. The van der Waals surface area contributed by atoms with Crippen LogP contribution >= 0.6 is 11.6 Å². The summed E-state index contributed by atoms with van der Waals surface area (Å²) in [5.41, 5.74) is -0.241. The van der Waals surface area contributed by atoms with E-state index in [1.54, 1.807) is 18.2 Å². The van der Waals surface area contributed by atoms with Crippen molar-refractivity contribution >= 4 is 28.2 Å². The average Bonchev–Trinajstić information content (AvgIpc) is 2.55. The van der Waals surface area contributed by atoms with E-state index >= 15 is 0 Å². The molecule has 1 saturated heterocycles. The highest BCUT2D eigenvalue weighted by atomic mass is 35.5. The third kappa shape index (κ3) is 3.43. The minimum Gasteiger partial charge on any atom is -0.391 e. The van der Waals surface area contributed by atoms with Gasteiger partial charge in [-0.3, -0.25) is 0 Å². The van der Waals surface area contributed by atoms with Crippen LogP contribution in [0.1, 0.15) is 5.69 Å². The second kappa shape index (κ2) is 6.74. The predicted molar refractivity (Wildman–Crippen MR) is 86.6 cm³/mol. The Bertz CT molecular complexity index is 730. The number of anilines is 1. The highest BCUT2D eigenvalue weighted by Crippen LogP contribution is 2.36. The summed E-state index contributed by atoms with van der Waals surface area (Å²) in [6, 6.07) is 6.12. The normalized spacial score (nSPS) is 16.8. The Balaban J connectivity index is 2.02. The number of nitrogens with one attached hydrogen (secondary N) is 1. The lowest BCUT2D eigenvalue weighted by molar-refractivity contribution is -0.900. The van der Waals surface area contributed by atoms with Crippen molar-refractivity contribution in [3.63, 3.8) is 0 Å². The molecule has 2 N–H and O–H groups in total. The summed E-state index contributed by atoms with van der Waals surface area (Å²) in [5, 5.41) is 9.86. The molecule has 0 amide bonds. The van der Waals surface area contributed by atoms with E-state index in [1.165, 1.54) is 4.90 Å². The van der Waals surface area contributed by atoms with E-state index in [2.05, 4.69) is 4.98 Å². The molecule has 1 aliphatic rings. The maximum atomic E-state index is 13.2. The lowest BCUT2D eigenvalue weighted by Gasteiger charge is -2.34. The summed E-state index contributed by atoms with van der Waals surface area (Å²) in [5.74, 6) is 0. The molecule has 0 aliphatic carbocycles. The first-order valence-corrected chi connectivity index (χ1v) is 8.14. The van der Waals surface area contributed by atoms with E-state index in [1.807, 2.05) is 4.90 Å². The zero-order valence-corrected chi connectivity index (χ0v) is 13.7. The third-order valence-electron chi connectivity index (χ3n) is 4.34. The summed E-state index contributed by atoms with van der Waals surface area (Å²) >= 11 is 6.07. The first-order chi connectivity index (χ1) is 11.4. The number of halogens is 4. The number of aliphatic hydroxyl groups excluding tert-OH is 1. The summed E-state index contributed by atoms with van der Waals surface area (Å²) < 4.78 is 39.6. The van der Waals surface area contributed by atoms with Gasteiger partial charge in [0.15, 0.2) is 0 Å². The highest BCUT2D eigenvalue weighted by Gasteiger charge is 2.34. The van der Waals surface area contributed by atoms with Gasteiger partial charge in [0.1, 0.15) is 12.2 Å². The average molecular weight is 361 g/mol. The smallest absolute Gasteiger partial charge is 0.391 e. The van der Waals surface area contributed by atoms with Crippen LogP contribution in [0.15, 0.2) is 24.3 Å². The van der Waals surface area contributed by atoms with Crippen LogP contribution in [-0.4, -0.2) is 49.4 Å². The number of fused-ring (bicyclic) bond motifs is 1. The Morgan fingerprint density at radius 2 is 1.96 bits per heavy atom. The quantitative estimate of drug-likeness (QED) is 0.873. The lowest BCUT2D eigenvalue weighted by Crippen LogP contribution is -3.15. The van der Waals surface area contributed by atoms with Crippen molar-refractivity contribution < 1.29 is 23.2 Å². The second-order valence-electron chi connectivity index (χ2n) is 5.87. The molecule has 0 unspecified atom stereocenters. The van der Waals surface area contributed by atoms with Crippen LogP contribution in [0.5, 0.6) is 0 Å². The number of quaternary nitrogens is 1. The Labute approximate surface area is 142 Å². The van der Waals surface area contributed by atoms with Gasteiger partial charge >= 0.3 is 6.18 Å². The molecule has 0 atom stereocenters. The van der Waals surface area contributed by atoms with Crippen LogP contribution in [0.25, 0.3) is 10.9 Å². The molecule has 1 aliphatic heterocycles. The van der Waals surface area contributed by atoms with Crippen molar-refractivity contribution in [3.8, 4) is 0 Å². The van der Waals surface area contributed by atoms with Gasteiger partial charge < -0.3 is 14.9 Å². The van der Waals surface area contributed by atoms with Gasteiger partial charge in [-0.2, -0.15) is 13.2 Å². The van der Waals surface area contributed by atoms with Gasteiger partial charge in [0.05, 0.1) is 43.3 Å². The number of aliphatic hydroxyl groups is 1. The van der Waals surface area contributed by atoms with E-state index in [9.17, 15) is 13.2 Å². The molecule has 130 valence electrons. The molecular weight excluding hydrogens is 343 g/mol. The minimum absolute atomic E-state index is 0.112. The molecule has 3 rings (SSSR count). The van der Waals surface area contributed by atoms with E-state index in [0.29, 0.717) is 30.7 Å². The third-order valence-corrected chi connectivity index (χ3v) is 4.64. The minimum atomic E-state index is -4.52. The van der Waals surface area contributed by atoms with Gasteiger partial charge in [0, 0.05) is 11.1 Å². The monoisotopic (exact) mass is 360 g/mol. The molecule has 2 aromatic rings. The molecule has 1 aromatic heterocycles. The molecule has 0 bridgehead atoms. The van der Waals surface area contributed by atoms with Gasteiger partial charge in [-0.1, -0.05) is 23.7 Å². The summed E-state index contributed by atoms with van der Waals surface area (Å²) in [7, 11) is 0.